The lowest BCUT2D eigenvalue weighted by molar-refractivity contribution is -0.143. The third kappa shape index (κ3) is 13.8. The number of carbonyl (C=O) groups excluding carboxylic acids is 1. The number of hydrogen-bond acceptors (Lipinski definition) is 4. The van der Waals surface area contributed by atoms with E-state index >= 15 is 0 Å². The maximum atomic E-state index is 11.3. The van der Waals surface area contributed by atoms with Crippen molar-refractivity contribution >= 4 is 35.9 Å². The molecule has 0 rings (SSSR count). The number of halogens is 1. The fourth-order valence-electron chi connectivity index (χ4n) is 2.15. The van der Waals surface area contributed by atoms with Crippen LogP contribution < -0.4 is 10.6 Å². The molecule has 0 amide bonds. The molecule has 7 heteroatoms. The van der Waals surface area contributed by atoms with Crippen LogP contribution in [0.2, 0.25) is 0 Å². The van der Waals surface area contributed by atoms with Crippen molar-refractivity contribution in [1.82, 2.24) is 10.6 Å². The molecule has 0 heterocycles. The molecule has 0 aromatic heterocycles. The summed E-state index contributed by atoms with van der Waals surface area (Å²) in [6.07, 6.45) is 2.32. The van der Waals surface area contributed by atoms with Crippen LogP contribution in [0.4, 0.5) is 0 Å². The van der Waals surface area contributed by atoms with Crippen molar-refractivity contribution in [3.05, 3.63) is 0 Å². The van der Waals surface area contributed by atoms with Crippen LogP contribution in [0.1, 0.15) is 53.9 Å². The van der Waals surface area contributed by atoms with E-state index in [-0.39, 0.29) is 36.0 Å². The second-order valence-electron chi connectivity index (χ2n) is 5.62. The third-order valence-corrected chi connectivity index (χ3v) is 3.30. The van der Waals surface area contributed by atoms with Crippen molar-refractivity contribution in [2.24, 2.45) is 10.9 Å². The van der Waals surface area contributed by atoms with E-state index in [1.807, 2.05) is 20.8 Å². The molecule has 0 spiro atoms. The Morgan fingerprint density at radius 2 is 1.83 bits per heavy atom. The van der Waals surface area contributed by atoms with Crippen molar-refractivity contribution in [3.8, 4) is 0 Å². The molecule has 144 valence electrons. The Labute approximate surface area is 164 Å². The Morgan fingerprint density at radius 1 is 1.12 bits per heavy atom. The molecule has 2 N–H and O–H groups in total. The highest BCUT2D eigenvalue weighted by atomic mass is 127. The Morgan fingerprint density at radius 3 is 2.38 bits per heavy atom. The van der Waals surface area contributed by atoms with Gasteiger partial charge in [-0.2, -0.15) is 0 Å². The van der Waals surface area contributed by atoms with Crippen molar-refractivity contribution in [1.29, 1.82) is 0 Å². The molecule has 0 radical (unpaired) electrons. The number of nitrogens with one attached hydrogen (secondary N) is 2. The van der Waals surface area contributed by atoms with E-state index in [4.69, 9.17) is 9.47 Å². The summed E-state index contributed by atoms with van der Waals surface area (Å²) in [5, 5.41) is 6.53. The van der Waals surface area contributed by atoms with Crippen LogP contribution in [0.25, 0.3) is 0 Å². The molecule has 1 atom stereocenters. The Kier molecular flexibility index (Phi) is 18.5. The van der Waals surface area contributed by atoms with Gasteiger partial charge in [0, 0.05) is 32.7 Å². The monoisotopic (exact) mass is 457 g/mol. The van der Waals surface area contributed by atoms with Gasteiger partial charge in [-0.25, -0.2) is 0 Å². The van der Waals surface area contributed by atoms with Gasteiger partial charge in [0.2, 0.25) is 0 Å². The first-order chi connectivity index (χ1) is 11.0. The second kappa shape index (κ2) is 17.3. The van der Waals surface area contributed by atoms with Crippen LogP contribution in [-0.2, 0) is 14.3 Å². The molecule has 0 bridgehead atoms. The zero-order valence-electron chi connectivity index (χ0n) is 15.9. The van der Waals surface area contributed by atoms with Gasteiger partial charge >= 0.3 is 5.97 Å². The normalized spacial score (nSPS) is 12.5. The molecule has 6 nitrogen and oxygen atoms in total. The molecule has 0 aromatic carbocycles. The van der Waals surface area contributed by atoms with Gasteiger partial charge in [-0.1, -0.05) is 13.8 Å². The molecule has 0 aliphatic carbocycles. The van der Waals surface area contributed by atoms with Crippen molar-refractivity contribution in [3.63, 3.8) is 0 Å². The summed E-state index contributed by atoms with van der Waals surface area (Å²) in [6.45, 7) is 13.6. The molecule has 0 aliphatic rings. The number of esters is 1. The number of ether oxygens (including phenoxy) is 2. The van der Waals surface area contributed by atoms with Gasteiger partial charge in [0.15, 0.2) is 5.96 Å². The molecule has 0 fully saturated rings. The van der Waals surface area contributed by atoms with Gasteiger partial charge in [0.05, 0.1) is 12.7 Å². The summed E-state index contributed by atoms with van der Waals surface area (Å²) in [5.41, 5.74) is 0. The highest BCUT2D eigenvalue weighted by Crippen LogP contribution is 2.09. The van der Waals surface area contributed by atoms with Crippen LogP contribution in [0.5, 0.6) is 0 Å². The van der Waals surface area contributed by atoms with Crippen LogP contribution in [-0.4, -0.2) is 50.9 Å². The maximum absolute atomic E-state index is 11.3. The molecule has 0 aromatic rings. The van der Waals surface area contributed by atoms with Crippen molar-refractivity contribution in [2.45, 2.75) is 60.0 Å². The Balaban J connectivity index is 0. The molecule has 24 heavy (non-hydrogen) atoms. The van der Waals surface area contributed by atoms with E-state index in [0.717, 1.165) is 32.1 Å². The van der Waals surface area contributed by atoms with Crippen molar-refractivity contribution in [2.75, 3.05) is 32.8 Å². The summed E-state index contributed by atoms with van der Waals surface area (Å²) in [6, 6.07) is 0. The average Bonchev–Trinajstić information content (AvgIpc) is 2.50. The SMILES string of the molecule is CCNC(=NCCCC(=O)OCC)NCCC(OCC)C(C)C.I. The first kappa shape index (κ1) is 25.7. The minimum atomic E-state index is -0.155. The summed E-state index contributed by atoms with van der Waals surface area (Å²) < 4.78 is 10.6. The Hall–Kier alpha value is -0.570. The van der Waals surface area contributed by atoms with Crippen LogP contribution in [0, 0.1) is 5.92 Å². The highest BCUT2D eigenvalue weighted by Gasteiger charge is 2.12. The first-order valence-corrected chi connectivity index (χ1v) is 8.84. The van der Waals surface area contributed by atoms with Crippen LogP contribution in [0.15, 0.2) is 4.99 Å². The fraction of sp³-hybridized carbons (Fsp3) is 0.882. The minimum Gasteiger partial charge on any atom is -0.466 e. The Bertz CT molecular complexity index is 339. The first-order valence-electron chi connectivity index (χ1n) is 8.84. The zero-order valence-corrected chi connectivity index (χ0v) is 18.2. The number of hydrogen-bond donors (Lipinski definition) is 2. The van der Waals surface area contributed by atoms with E-state index in [0.29, 0.717) is 31.9 Å². The van der Waals surface area contributed by atoms with Gasteiger partial charge in [-0.05, 0) is 39.5 Å². The number of rotatable bonds is 12. The topological polar surface area (TPSA) is 72.0 Å². The summed E-state index contributed by atoms with van der Waals surface area (Å²) in [4.78, 5) is 15.7. The van der Waals surface area contributed by atoms with Crippen molar-refractivity contribution < 1.29 is 14.3 Å². The number of guanidine groups is 1. The molecule has 0 saturated heterocycles. The van der Waals surface area contributed by atoms with Gasteiger partial charge in [0.25, 0.3) is 0 Å². The summed E-state index contributed by atoms with van der Waals surface area (Å²) in [7, 11) is 0. The molecular weight excluding hydrogens is 421 g/mol. The lowest BCUT2D eigenvalue weighted by atomic mass is 10.0. The van der Waals surface area contributed by atoms with E-state index in [2.05, 4.69) is 29.5 Å². The summed E-state index contributed by atoms with van der Waals surface area (Å²) in [5.74, 6) is 1.13. The van der Waals surface area contributed by atoms with Gasteiger partial charge in [-0.3, -0.25) is 9.79 Å². The maximum Gasteiger partial charge on any atom is 0.305 e. The summed E-state index contributed by atoms with van der Waals surface area (Å²) >= 11 is 0. The van der Waals surface area contributed by atoms with E-state index < -0.39 is 0 Å². The smallest absolute Gasteiger partial charge is 0.305 e. The van der Waals surface area contributed by atoms with Gasteiger partial charge in [0.1, 0.15) is 0 Å². The highest BCUT2D eigenvalue weighted by molar-refractivity contribution is 14.0. The molecule has 0 saturated carbocycles. The quantitative estimate of drug-likeness (QED) is 0.155. The van der Waals surface area contributed by atoms with Gasteiger partial charge < -0.3 is 20.1 Å². The zero-order chi connectivity index (χ0) is 17.5. The fourth-order valence-corrected chi connectivity index (χ4v) is 2.15. The largest absolute Gasteiger partial charge is 0.466 e. The number of aliphatic imine (C=N–C) groups is 1. The van der Waals surface area contributed by atoms with E-state index in [1.54, 1.807) is 0 Å². The molecule has 0 aliphatic heterocycles. The van der Waals surface area contributed by atoms with E-state index in [1.165, 1.54) is 0 Å². The van der Waals surface area contributed by atoms with Crippen LogP contribution >= 0.6 is 24.0 Å². The van der Waals surface area contributed by atoms with E-state index in [9.17, 15) is 4.79 Å². The second-order valence-corrected chi connectivity index (χ2v) is 5.62. The van der Waals surface area contributed by atoms with Crippen LogP contribution in [0.3, 0.4) is 0 Å². The van der Waals surface area contributed by atoms with Gasteiger partial charge in [-0.15, -0.1) is 24.0 Å². The number of carbonyl (C=O) groups is 1. The standard InChI is InChI=1S/C17H35N3O3.HI/c1-6-18-17(19-12-9-10-16(21)23-8-3)20-13-11-15(14(4)5)22-7-2;/h14-15H,6-13H2,1-5H3,(H2,18,19,20);1H. The molecular formula is C17H36IN3O3. The number of nitrogens with zero attached hydrogens (tertiary/aromatic N) is 1. The third-order valence-electron chi connectivity index (χ3n) is 3.30. The lowest BCUT2D eigenvalue weighted by Gasteiger charge is -2.21. The molecule has 1 unspecified atom stereocenters. The average molecular weight is 457 g/mol. The lowest BCUT2D eigenvalue weighted by Crippen LogP contribution is -2.39. The predicted octanol–water partition coefficient (Wildman–Crippen LogP) is 2.95. The predicted molar refractivity (Wildman–Crippen MR) is 110 cm³/mol. The minimum absolute atomic E-state index is 0.